The molecule has 1 atom stereocenters. The van der Waals surface area contributed by atoms with Gasteiger partial charge >= 0.3 is 0 Å². The zero-order valence-corrected chi connectivity index (χ0v) is 9.80. The van der Waals surface area contributed by atoms with Gasteiger partial charge in [-0.05, 0) is 24.1 Å². The molecule has 0 bridgehead atoms. The molecule has 0 aromatic heterocycles. The molecule has 0 fully saturated rings. The van der Waals surface area contributed by atoms with E-state index in [1.165, 1.54) is 11.1 Å². The number of rotatable bonds is 0. The Morgan fingerprint density at radius 2 is 1.67 bits per heavy atom. The number of benzene rings is 2. The molecule has 0 amide bonds. The molecule has 2 aromatic rings. The van der Waals surface area contributed by atoms with E-state index < -0.39 is 0 Å². The van der Waals surface area contributed by atoms with E-state index in [0.717, 1.165) is 23.7 Å². The molecule has 2 heteroatoms. The van der Waals surface area contributed by atoms with Crippen molar-refractivity contribution >= 4 is 0 Å². The van der Waals surface area contributed by atoms with Crippen molar-refractivity contribution in [3.8, 4) is 11.5 Å². The summed E-state index contributed by atoms with van der Waals surface area (Å²) in [6.07, 6.45) is 2.71. The molecule has 0 saturated heterocycles. The zero-order chi connectivity index (χ0) is 11.9. The summed E-state index contributed by atoms with van der Waals surface area (Å²) in [6, 6.07) is 16.4. The van der Waals surface area contributed by atoms with Crippen molar-refractivity contribution in [3.63, 3.8) is 0 Å². The molecule has 2 heterocycles. The van der Waals surface area contributed by atoms with Crippen molar-refractivity contribution < 1.29 is 9.47 Å². The molecule has 0 saturated carbocycles. The fourth-order valence-electron chi connectivity index (χ4n) is 2.66. The first kappa shape index (κ1) is 9.77. The zero-order valence-electron chi connectivity index (χ0n) is 9.80. The fourth-order valence-corrected chi connectivity index (χ4v) is 2.66. The number of allylic oxidation sites excluding steroid dienone is 1. The molecule has 88 valence electrons. The van der Waals surface area contributed by atoms with E-state index >= 15 is 0 Å². The van der Waals surface area contributed by atoms with Crippen molar-refractivity contribution in [2.75, 3.05) is 0 Å². The minimum absolute atomic E-state index is 0.282. The van der Waals surface area contributed by atoms with Gasteiger partial charge in [0.1, 0.15) is 23.5 Å². The van der Waals surface area contributed by atoms with Crippen LogP contribution < -0.4 is 9.47 Å². The van der Waals surface area contributed by atoms with Crippen LogP contribution in [-0.4, -0.2) is 0 Å². The van der Waals surface area contributed by atoms with Gasteiger partial charge in [-0.2, -0.15) is 0 Å². The summed E-state index contributed by atoms with van der Waals surface area (Å²) in [5.74, 6) is 3.08. The van der Waals surface area contributed by atoms with Gasteiger partial charge in [0.15, 0.2) is 0 Å². The topological polar surface area (TPSA) is 18.5 Å². The summed E-state index contributed by atoms with van der Waals surface area (Å²) in [7, 11) is 0. The lowest BCUT2D eigenvalue weighted by Crippen LogP contribution is -2.21. The maximum absolute atomic E-state index is 5.93. The predicted molar refractivity (Wildman–Crippen MR) is 68.7 cm³/mol. The van der Waals surface area contributed by atoms with Gasteiger partial charge in [0.05, 0.1) is 5.92 Å². The maximum Gasteiger partial charge on any atom is 0.147 e. The molecule has 0 radical (unpaired) electrons. The van der Waals surface area contributed by atoms with Crippen molar-refractivity contribution in [3.05, 3.63) is 71.7 Å². The highest BCUT2D eigenvalue weighted by atomic mass is 16.5. The second-order valence-corrected chi connectivity index (χ2v) is 4.64. The predicted octanol–water partition coefficient (Wildman–Crippen LogP) is 3.64. The van der Waals surface area contributed by atoms with Gasteiger partial charge in [-0.15, -0.1) is 0 Å². The Morgan fingerprint density at radius 1 is 0.889 bits per heavy atom. The average molecular weight is 236 g/mol. The number of fused-ring (bicyclic) bond motifs is 4. The summed E-state index contributed by atoms with van der Waals surface area (Å²) < 4.78 is 11.5. The normalized spacial score (nSPS) is 19.6. The Balaban J connectivity index is 1.83. The van der Waals surface area contributed by atoms with Gasteiger partial charge in [0.25, 0.3) is 0 Å². The lowest BCUT2D eigenvalue weighted by molar-refractivity contribution is 0.305. The lowest BCUT2D eigenvalue weighted by atomic mass is 9.87. The number of hydrogen-bond acceptors (Lipinski definition) is 2. The summed E-state index contributed by atoms with van der Waals surface area (Å²) in [5, 5.41) is 0. The van der Waals surface area contributed by atoms with Crippen molar-refractivity contribution in [2.45, 2.75) is 12.3 Å². The van der Waals surface area contributed by atoms with Crippen LogP contribution in [0, 0.1) is 0 Å². The van der Waals surface area contributed by atoms with E-state index in [1.807, 2.05) is 30.3 Å². The van der Waals surface area contributed by atoms with Crippen molar-refractivity contribution in [2.24, 2.45) is 0 Å². The summed E-state index contributed by atoms with van der Waals surface area (Å²) in [5.41, 5.74) is 2.47. The van der Waals surface area contributed by atoms with Crippen molar-refractivity contribution in [1.82, 2.24) is 0 Å². The maximum atomic E-state index is 5.93. The van der Waals surface area contributed by atoms with Crippen LogP contribution in [0.15, 0.2) is 60.6 Å². The second-order valence-electron chi connectivity index (χ2n) is 4.64. The molecule has 4 rings (SSSR count). The van der Waals surface area contributed by atoms with Crippen molar-refractivity contribution in [1.29, 1.82) is 0 Å². The minimum atomic E-state index is 0.282. The van der Waals surface area contributed by atoms with E-state index in [2.05, 4.69) is 18.2 Å². The summed E-state index contributed by atoms with van der Waals surface area (Å²) in [6.45, 7) is 0. The Hall–Kier alpha value is -2.22. The van der Waals surface area contributed by atoms with Gasteiger partial charge in [-0.1, -0.05) is 36.4 Å². The molecule has 0 aliphatic carbocycles. The SMILES string of the molecule is C1=C2Oc3ccccc3C[C@H]2c2ccccc2O1. The third-order valence-corrected chi connectivity index (χ3v) is 3.56. The monoisotopic (exact) mass is 236 g/mol. The van der Waals surface area contributed by atoms with Gasteiger partial charge < -0.3 is 9.47 Å². The van der Waals surface area contributed by atoms with Gasteiger partial charge in [0, 0.05) is 5.56 Å². The fraction of sp³-hybridized carbons (Fsp3) is 0.125. The van der Waals surface area contributed by atoms with Gasteiger partial charge in [-0.3, -0.25) is 0 Å². The first-order chi connectivity index (χ1) is 8.92. The molecule has 18 heavy (non-hydrogen) atoms. The quantitative estimate of drug-likeness (QED) is 0.695. The van der Waals surface area contributed by atoms with Crippen LogP contribution in [0.4, 0.5) is 0 Å². The molecule has 2 aliphatic rings. The standard InChI is InChI=1S/C16H12O2/c1-3-7-14-11(5-1)9-13-12-6-2-4-8-15(12)17-10-16(13)18-14/h1-8,10,13H,9H2/t13-/m0/s1. The van der Waals surface area contributed by atoms with Crippen LogP contribution in [0.1, 0.15) is 17.0 Å². The van der Waals surface area contributed by atoms with E-state index in [-0.39, 0.29) is 5.92 Å². The van der Waals surface area contributed by atoms with Crippen LogP contribution in [-0.2, 0) is 6.42 Å². The molecule has 2 aliphatic heterocycles. The number of ether oxygens (including phenoxy) is 2. The highest BCUT2D eigenvalue weighted by Crippen LogP contribution is 2.43. The number of hydrogen-bond donors (Lipinski definition) is 0. The van der Waals surface area contributed by atoms with E-state index in [1.54, 1.807) is 6.26 Å². The molecule has 2 nitrogen and oxygen atoms in total. The average Bonchev–Trinajstić information content (AvgIpc) is 2.45. The Bertz CT molecular complexity index is 637. The summed E-state index contributed by atoms with van der Waals surface area (Å²) in [4.78, 5) is 0. The van der Waals surface area contributed by atoms with Gasteiger partial charge in [-0.25, -0.2) is 0 Å². The molecule has 0 N–H and O–H groups in total. The van der Waals surface area contributed by atoms with Crippen LogP contribution in [0.25, 0.3) is 0 Å². The van der Waals surface area contributed by atoms with Crippen LogP contribution >= 0.6 is 0 Å². The van der Waals surface area contributed by atoms with Gasteiger partial charge in [0.2, 0.25) is 0 Å². The Kier molecular flexibility index (Phi) is 1.97. The van der Waals surface area contributed by atoms with E-state index in [9.17, 15) is 0 Å². The molecule has 2 aromatic carbocycles. The summed E-state index contributed by atoms with van der Waals surface area (Å²) >= 11 is 0. The Labute approximate surface area is 105 Å². The first-order valence-electron chi connectivity index (χ1n) is 6.13. The molecule has 0 unspecified atom stereocenters. The van der Waals surface area contributed by atoms with Crippen LogP contribution in [0.2, 0.25) is 0 Å². The Morgan fingerprint density at radius 3 is 2.61 bits per heavy atom. The van der Waals surface area contributed by atoms with Crippen LogP contribution in [0.3, 0.4) is 0 Å². The molecular formula is C16H12O2. The van der Waals surface area contributed by atoms with E-state index in [4.69, 9.17) is 9.47 Å². The largest absolute Gasteiger partial charge is 0.461 e. The molecule has 0 spiro atoms. The van der Waals surface area contributed by atoms with Crippen LogP contribution in [0.5, 0.6) is 11.5 Å². The third-order valence-electron chi connectivity index (χ3n) is 3.56. The highest BCUT2D eigenvalue weighted by molar-refractivity contribution is 5.48. The lowest BCUT2D eigenvalue weighted by Gasteiger charge is -2.31. The second kappa shape index (κ2) is 3.64. The smallest absolute Gasteiger partial charge is 0.147 e. The molecular weight excluding hydrogens is 224 g/mol. The number of para-hydroxylation sites is 2. The minimum Gasteiger partial charge on any atom is -0.461 e. The first-order valence-corrected chi connectivity index (χ1v) is 6.13. The third kappa shape index (κ3) is 1.35. The highest BCUT2D eigenvalue weighted by Gasteiger charge is 2.31. The van der Waals surface area contributed by atoms with E-state index in [0.29, 0.717) is 0 Å².